The summed E-state index contributed by atoms with van der Waals surface area (Å²) in [5, 5.41) is 14.9. The van der Waals surface area contributed by atoms with E-state index in [1.165, 1.54) is 19.3 Å². The lowest BCUT2D eigenvalue weighted by molar-refractivity contribution is -0.142. The zero-order valence-electron chi connectivity index (χ0n) is 16.2. The highest BCUT2D eigenvalue weighted by atomic mass is 16.4. The van der Waals surface area contributed by atoms with Crippen LogP contribution in [0.25, 0.3) is 0 Å². The molecule has 0 aromatic carbocycles. The van der Waals surface area contributed by atoms with Crippen molar-refractivity contribution in [3.63, 3.8) is 0 Å². The molecule has 1 saturated heterocycles. The smallest absolute Gasteiger partial charge is 0.321 e. The van der Waals surface area contributed by atoms with Crippen LogP contribution in [0.3, 0.4) is 0 Å². The number of aliphatic carboxylic acids is 1. The summed E-state index contributed by atoms with van der Waals surface area (Å²) in [6, 6.07) is -0.908. The summed E-state index contributed by atoms with van der Waals surface area (Å²) in [7, 11) is 0. The second-order valence-electron chi connectivity index (χ2n) is 9.69. The number of imide groups is 1. The Balaban J connectivity index is 1.32. The highest BCUT2D eigenvalue weighted by Gasteiger charge is 2.51. The van der Waals surface area contributed by atoms with Crippen molar-refractivity contribution in [1.82, 2.24) is 15.5 Å². The number of carbonyl (C=O) groups is 3. The van der Waals surface area contributed by atoms with Crippen LogP contribution in [0.4, 0.5) is 4.79 Å². The summed E-state index contributed by atoms with van der Waals surface area (Å²) in [6.45, 7) is 4.54. The fraction of sp³-hybridized carbons (Fsp3) is 0.850. The summed E-state index contributed by atoms with van der Waals surface area (Å²) < 4.78 is 0. The van der Waals surface area contributed by atoms with Gasteiger partial charge in [-0.1, -0.05) is 6.92 Å². The van der Waals surface area contributed by atoms with Crippen LogP contribution in [0.2, 0.25) is 0 Å². The van der Waals surface area contributed by atoms with Gasteiger partial charge in [0.1, 0.15) is 0 Å². The Morgan fingerprint density at radius 3 is 2.07 bits per heavy atom. The number of rotatable bonds is 4. The Morgan fingerprint density at radius 2 is 1.59 bits per heavy atom. The first-order chi connectivity index (χ1) is 12.7. The molecule has 150 valence electrons. The van der Waals surface area contributed by atoms with E-state index in [1.807, 2.05) is 11.8 Å². The third-order valence-electron chi connectivity index (χ3n) is 7.54. The molecule has 1 unspecified atom stereocenters. The van der Waals surface area contributed by atoms with Crippen LogP contribution >= 0.6 is 0 Å². The Morgan fingerprint density at radius 1 is 1.04 bits per heavy atom. The van der Waals surface area contributed by atoms with Gasteiger partial charge in [-0.05, 0) is 69.1 Å². The lowest BCUT2D eigenvalue weighted by Crippen LogP contribution is -2.62. The maximum absolute atomic E-state index is 12.5. The molecule has 4 bridgehead atoms. The molecular formula is C20H31N3O4. The van der Waals surface area contributed by atoms with Gasteiger partial charge in [-0.3, -0.25) is 19.8 Å². The summed E-state index contributed by atoms with van der Waals surface area (Å²) in [5.74, 6) is 0.549. The van der Waals surface area contributed by atoms with E-state index < -0.39 is 24.0 Å². The molecular weight excluding hydrogens is 346 g/mol. The molecule has 4 aliphatic carbocycles. The third kappa shape index (κ3) is 3.58. The van der Waals surface area contributed by atoms with Crippen LogP contribution in [0.5, 0.6) is 0 Å². The number of urea groups is 1. The maximum Gasteiger partial charge on any atom is 0.321 e. The predicted octanol–water partition coefficient (Wildman–Crippen LogP) is 1.82. The Hall–Kier alpha value is -1.63. The summed E-state index contributed by atoms with van der Waals surface area (Å²) in [6.07, 6.45) is 7.03. The second-order valence-corrected chi connectivity index (χ2v) is 9.69. The van der Waals surface area contributed by atoms with E-state index in [4.69, 9.17) is 0 Å². The molecule has 0 aromatic heterocycles. The summed E-state index contributed by atoms with van der Waals surface area (Å²) in [4.78, 5) is 38.2. The molecule has 3 atom stereocenters. The maximum atomic E-state index is 12.5. The second kappa shape index (κ2) is 6.76. The predicted molar refractivity (Wildman–Crippen MR) is 98.9 cm³/mol. The zero-order chi connectivity index (χ0) is 19.3. The SMILES string of the molecule is CC(C(=O)NC(=O)NC12CC3CC(CC(C3)C1)C2)N1C[C@@H](C)[C@H](C(=O)O)C1. The number of carboxylic acids is 1. The Bertz CT molecular complexity index is 614. The third-order valence-corrected chi connectivity index (χ3v) is 7.54. The van der Waals surface area contributed by atoms with E-state index in [9.17, 15) is 19.5 Å². The van der Waals surface area contributed by atoms with E-state index in [-0.39, 0.29) is 17.4 Å². The van der Waals surface area contributed by atoms with Crippen LogP contribution in [0, 0.1) is 29.6 Å². The van der Waals surface area contributed by atoms with E-state index in [0.29, 0.717) is 13.1 Å². The van der Waals surface area contributed by atoms with E-state index in [0.717, 1.165) is 37.0 Å². The summed E-state index contributed by atoms with van der Waals surface area (Å²) in [5.41, 5.74) is -0.126. The molecule has 3 N–H and O–H groups in total. The normalized spacial score (nSPS) is 41.3. The highest BCUT2D eigenvalue weighted by Crippen LogP contribution is 2.55. The van der Waals surface area contributed by atoms with Crippen LogP contribution in [0.1, 0.15) is 52.4 Å². The van der Waals surface area contributed by atoms with E-state index >= 15 is 0 Å². The van der Waals surface area contributed by atoms with Crippen molar-refractivity contribution in [2.45, 2.75) is 64.0 Å². The fourth-order valence-corrected chi connectivity index (χ4v) is 6.56. The van der Waals surface area contributed by atoms with Crippen LogP contribution in [-0.2, 0) is 9.59 Å². The van der Waals surface area contributed by atoms with Gasteiger partial charge in [0.05, 0.1) is 12.0 Å². The molecule has 3 amide bonds. The topological polar surface area (TPSA) is 98.7 Å². The van der Waals surface area contributed by atoms with Gasteiger partial charge >= 0.3 is 12.0 Å². The molecule has 5 aliphatic rings. The zero-order valence-corrected chi connectivity index (χ0v) is 16.2. The number of likely N-dealkylation sites (tertiary alicyclic amines) is 1. The van der Waals surface area contributed by atoms with Gasteiger partial charge < -0.3 is 10.4 Å². The highest BCUT2D eigenvalue weighted by molar-refractivity contribution is 5.97. The van der Waals surface area contributed by atoms with Gasteiger partial charge in [-0.15, -0.1) is 0 Å². The number of carbonyl (C=O) groups excluding carboxylic acids is 2. The molecule has 27 heavy (non-hydrogen) atoms. The molecule has 5 fully saturated rings. The number of carboxylic acid groups (broad SMARTS) is 1. The van der Waals surface area contributed by atoms with Crippen LogP contribution in [0.15, 0.2) is 0 Å². The van der Waals surface area contributed by atoms with Gasteiger partial charge in [-0.25, -0.2) is 4.79 Å². The molecule has 0 aromatic rings. The minimum Gasteiger partial charge on any atom is -0.481 e. The molecule has 0 spiro atoms. The van der Waals surface area contributed by atoms with Crippen molar-refractivity contribution in [3.8, 4) is 0 Å². The average molecular weight is 377 g/mol. The monoisotopic (exact) mass is 377 g/mol. The van der Waals surface area contributed by atoms with Crippen molar-refractivity contribution < 1.29 is 19.5 Å². The first kappa shape index (κ1) is 18.7. The Kier molecular flexibility index (Phi) is 4.69. The van der Waals surface area contributed by atoms with Crippen molar-refractivity contribution in [3.05, 3.63) is 0 Å². The van der Waals surface area contributed by atoms with Gasteiger partial charge in [0.15, 0.2) is 0 Å². The number of nitrogens with zero attached hydrogens (tertiary/aromatic N) is 1. The fourth-order valence-electron chi connectivity index (χ4n) is 6.56. The molecule has 4 saturated carbocycles. The molecule has 5 rings (SSSR count). The first-order valence-corrected chi connectivity index (χ1v) is 10.3. The van der Waals surface area contributed by atoms with E-state index in [2.05, 4.69) is 10.6 Å². The lowest BCUT2D eigenvalue weighted by atomic mass is 9.53. The van der Waals surface area contributed by atoms with Crippen molar-refractivity contribution in [2.75, 3.05) is 13.1 Å². The van der Waals surface area contributed by atoms with Gasteiger partial charge in [-0.2, -0.15) is 0 Å². The number of amides is 3. The molecule has 1 aliphatic heterocycles. The number of hydrogen-bond acceptors (Lipinski definition) is 4. The van der Waals surface area contributed by atoms with Gasteiger partial charge in [0.25, 0.3) is 0 Å². The quantitative estimate of drug-likeness (QED) is 0.694. The minimum atomic E-state index is -0.822. The molecule has 0 radical (unpaired) electrons. The van der Waals surface area contributed by atoms with Crippen LogP contribution < -0.4 is 10.6 Å². The van der Waals surface area contributed by atoms with Gasteiger partial charge in [0.2, 0.25) is 5.91 Å². The minimum absolute atomic E-state index is 0.00129. The van der Waals surface area contributed by atoms with E-state index in [1.54, 1.807) is 6.92 Å². The Labute approximate surface area is 160 Å². The lowest BCUT2D eigenvalue weighted by Gasteiger charge is -2.56. The summed E-state index contributed by atoms with van der Waals surface area (Å²) >= 11 is 0. The van der Waals surface area contributed by atoms with Crippen molar-refractivity contribution in [2.24, 2.45) is 29.6 Å². The van der Waals surface area contributed by atoms with Crippen LogP contribution in [-0.4, -0.2) is 52.6 Å². The first-order valence-electron chi connectivity index (χ1n) is 10.3. The van der Waals surface area contributed by atoms with Crippen molar-refractivity contribution in [1.29, 1.82) is 0 Å². The number of hydrogen-bond donors (Lipinski definition) is 3. The average Bonchev–Trinajstić information content (AvgIpc) is 2.94. The standard InChI is InChI=1S/C20H31N3O4/c1-11-9-23(10-16(11)18(25)26)12(2)17(24)21-19(27)22-20-6-13-3-14(7-20)5-15(4-13)8-20/h11-16H,3-10H2,1-2H3,(H,25,26)(H2,21,22,24,27)/t11-,12?,13?,14?,15?,16-,20?/m1/s1. The van der Waals surface area contributed by atoms with Gasteiger partial charge in [0, 0.05) is 18.6 Å². The molecule has 1 heterocycles. The number of nitrogens with one attached hydrogen (secondary N) is 2. The molecule has 7 heteroatoms. The van der Waals surface area contributed by atoms with Crippen molar-refractivity contribution >= 4 is 17.9 Å². The molecule has 7 nitrogen and oxygen atoms in total. The largest absolute Gasteiger partial charge is 0.481 e.